The van der Waals surface area contributed by atoms with Gasteiger partial charge in [-0.15, -0.1) is 0 Å². The van der Waals surface area contributed by atoms with Crippen LogP contribution in [0.25, 0.3) is 21.9 Å². The Labute approximate surface area is 144 Å². The second-order valence-corrected chi connectivity index (χ2v) is 5.70. The predicted molar refractivity (Wildman–Crippen MR) is 93.6 cm³/mol. The van der Waals surface area contributed by atoms with E-state index in [4.69, 9.17) is 18.6 Å². The summed E-state index contributed by atoms with van der Waals surface area (Å²) < 4.78 is 21.8. The summed E-state index contributed by atoms with van der Waals surface area (Å²) in [7, 11) is 3.03. The van der Waals surface area contributed by atoms with Crippen molar-refractivity contribution >= 4 is 27.9 Å². The molecule has 6 nitrogen and oxygen atoms in total. The van der Waals surface area contributed by atoms with E-state index < -0.39 is 0 Å². The molecule has 1 heterocycles. The van der Waals surface area contributed by atoms with Crippen molar-refractivity contribution in [1.82, 2.24) is 0 Å². The number of hydrogen-bond acceptors (Lipinski definition) is 6. The van der Waals surface area contributed by atoms with Crippen LogP contribution in [0.5, 0.6) is 23.0 Å². The van der Waals surface area contributed by atoms with Gasteiger partial charge in [0.2, 0.25) is 0 Å². The maximum Gasteiger partial charge on any atom is 0.311 e. The van der Waals surface area contributed by atoms with E-state index in [1.54, 1.807) is 18.2 Å². The summed E-state index contributed by atoms with van der Waals surface area (Å²) in [5.41, 5.74) is 0.891. The number of rotatable bonds is 6. The molecule has 3 aromatic rings. The van der Waals surface area contributed by atoms with Crippen LogP contribution < -0.4 is 14.2 Å². The van der Waals surface area contributed by atoms with E-state index in [0.29, 0.717) is 45.6 Å². The van der Waals surface area contributed by atoms with Gasteiger partial charge >= 0.3 is 5.97 Å². The van der Waals surface area contributed by atoms with Crippen LogP contribution in [0.3, 0.4) is 0 Å². The number of esters is 1. The fraction of sp³-hybridized carbons (Fsp3) is 0.316. The normalized spacial score (nSPS) is 11.0. The van der Waals surface area contributed by atoms with Crippen molar-refractivity contribution in [2.75, 3.05) is 14.2 Å². The number of benzene rings is 2. The number of ether oxygens (including phenoxy) is 3. The first-order valence-electron chi connectivity index (χ1n) is 8.09. The van der Waals surface area contributed by atoms with Crippen LogP contribution in [-0.2, 0) is 4.79 Å². The molecule has 0 saturated carbocycles. The van der Waals surface area contributed by atoms with Crippen LogP contribution in [0.2, 0.25) is 0 Å². The van der Waals surface area contributed by atoms with E-state index in [1.807, 2.05) is 6.92 Å². The number of unbranched alkanes of at least 4 members (excludes halogenated alkanes) is 1. The van der Waals surface area contributed by atoms with Gasteiger partial charge in [0.1, 0.15) is 34.2 Å². The van der Waals surface area contributed by atoms with Crippen LogP contribution in [0, 0.1) is 0 Å². The Balaban J connectivity index is 2.19. The lowest BCUT2D eigenvalue weighted by Crippen LogP contribution is -2.07. The molecule has 0 unspecified atom stereocenters. The zero-order valence-electron chi connectivity index (χ0n) is 14.4. The summed E-state index contributed by atoms with van der Waals surface area (Å²) in [5, 5.41) is 11.4. The summed E-state index contributed by atoms with van der Waals surface area (Å²) in [5.74, 6) is 0.923. The molecular weight excluding hydrogens is 324 g/mol. The van der Waals surface area contributed by atoms with Gasteiger partial charge in [-0.25, -0.2) is 0 Å². The molecular formula is C19H20O6. The highest BCUT2D eigenvalue weighted by atomic mass is 16.5. The van der Waals surface area contributed by atoms with Gasteiger partial charge in [-0.1, -0.05) is 13.3 Å². The minimum atomic E-state index is -0.334. The molecule has 0 radical (unpaired) electrons. The molecule has 2 aromatic carbocycles. The SMILES string of the molecule is CCCCC(=O)Oc1cc(OC)cc2oc3cc(OC)cc(O)c3c12. The number of hydrogen-bond donors (Lipinski definition) is 1. The second-order valence-electron chi connectivity index (χ2n) is 5.70. The summed E-state index contributed by atoms with van der Waals surface area (Å²) in [6, 6.07) is 6.46. The third-order valence-electron chi connectivity index (χ3n) is 3.99. The Morgan fingerprint density at radius 3 is 2.32 bits per heavy atom. The number of carbonyl (C=O) groups excluding carboxylic acids is 1. The molecule has 0 saturated heterocycles. The number of phenolic OH excluding ortho intramolecular Hbond substituents is 1. The van der Waals surface area contributed by atoms with Crippen molar-refractivity contribution in [1.29, 1.82) is 0 Å². The minimum absolute atomic E-state index is 0.0101. The molecule has 6 heteroatoms. The number of fused-ring (bicyclic) bond motifs is 3. The van der Waals surface area contributed by atoms with Gasteiger partial charge in [0.05, 0.1) is 25.0 Å². The highest BCUT2D eigenvalue weighted by Gasteiger charge is 2.20. The molecule has 25 heavy (non-hydrogen) atoms. The summed E-state index contributed by atoms with van der Waals surface area (Å²) in [4.78, 5) is 12.1. The highest BCUT2D eigenvalue weighted by Crippen LogP contribution is 2.44. The van der Waals surface area contributed by atoms with Crippen molar-refractivity contribution in [3.63, 3.8) is 0 Å². The zero-order valence-corrected chi connectivity index (χ0v) is 14.4. The molecule has 0 amide bonds. The Kier molecular flexibility index (Phi) is 4.70. The third kappa shape index (κ3) is 3.20. The highest BCUT2D eigenvalue weighted by molar-refractivity contribution is 6.12. The molecule has 0 aliphatic carbocycles. The largest absolute Gasteiger partial charge is 0.507 e. The first-order chi connectivity index (χ1) is 12.1. The molecule has 0 spiro atoms. The first-order valence-corrected chi connectivity index (χ1v) is 8.09. The van der Waals surface area contributed by atoms with Gasteiger partial charge in [0, 0.05) is 30.7 Å². The van der Waals surface area contributed by atoms with Crippen LogP contribution in [0.15, 0.2) is 28.7 Å². The van der Waals surface area contributed by atoms with Gasteiger partial charge < -0.3 is 23.7 Å². The van der Waals surface area contributed by atoms with Gasteiger partial charge in [-0.05, 0) is 6.42 Å². The number of aromatic hydroxyl groups is 1. The van der Waals surface area contributed by atoms with Crippen molar-refractivity contribution in [2.45, 2.75) is 26.2 Å². The van der Waals surface area contributed by atoms with Crippen LogP contribution >= 0.6 is 0 Å². The standard InChI is InChI=1S/C19H20O6/c1-4-5-6-17(21)25-16-10-12(23-3)9-15-19(16)18-13(20)7-11(22-2)8-14(18)24-15/h7-10,20H,4-6H2,1-3H3. The molecule has 1 aromatic heterocycles. The van der Waals surface area contributed by atoms with Gasteiger partial charge in [-0.2, -0.15) is 0 Å². The van der Waals surface area contributed by atoms with E-state index in [2.05, 4.69) is 0 Å². The van der Waals surface area contributed by atoms with Crippen molar-refractivity contribution in [3.05, 3.63) is 24.3 Å². The molecule has 0 aliphatic heterocycles. The van der Waals surface area contributed by atoms with Crippen LogP contribution in [0.1, 0.15) is 26.2 Å². The lowest BCUT2D eigenvalue weighted by Gasteiger charge is -2.08. The molecule has 0 fully saturated rings. The van der Waals surface area contributed by atoms with Crippen molar-refractivity contribution in [3.8, 4) is 23.0 Å². The molecule has 132 valence electrons. The fourth-order valence-corrected chi connectivity index (χ4v) is 2.73. The van der Waals surface area contributed by atoms with Crippen molar-refractivity contribution in [2.24, 2.45) is 0 Å². The lowest BCUT2D eigenvalue weighted by atomic mass is 10.1. The Morgan fingerprint density at radius 2 is 1.68 bits per heavy atom. The topological polar surface area (TPSA) is 78.1 Å². The lowest BCUT2D eigenvalue weighted by molar-refractivity contribution is -0.134. The molecule has 0 atom stereocenters. The molecule has 0 bridgehead atoms. The van der Waals surface area contributed by atoms with Crippen LogP contribution in [0.4, 0.5) is 0 Å². The average molecular weight is 344 g/mol. The maximum atomic E-state index is 12.1. The van der Waals surface area contributed by atoms with Crippen LogP contribution in [-0.4, -0.2) is 25.3 Å². The molecule has 0 aliphatic rings. The second kappa shape index (κ2) is 6.93. The summed E-state index contributed by atoms with van der Waals surface area (Å²) in [6.07, 6.45) is 1.98. The van der Waals surface area contributed by atoms with Gasteiger partial charge in [-0.3, -0.25) is 4.79 Å². The predicted octanol–water partition coefficient (Wildman–Crippen LogP) is 4.40. The molecule has 3 rings (SSSR count). The Hall–Kier alpha value is -2.89. The average Bonchev–Trinajstić information content (AvgIpc) is 2.98. The van der Waals surface area contributed by atoms with Gasteiger partial charge in [0.15, 0.2) is 0 Å². The maximum absolute atomic E-state index is 12.1. The van der Waals surface area contributed by atoms with E-state index in [1.165, 1.54) is 20.3 Å². The number of carbonyl (C=O) groups is 1. The van der Waals surface area contributed by atoms with E-state index in [-0.39, 0.29) is 11.7 Å². The monoisotopic (exact) mass is 344 g/mol. The molecule has 1 N–H and O–H groups in total. The first kappa shape index (κ1) is 17.0. The zero-order chi connectivity index (χ0) is 18.0. The number of methoxy groups -OCH3 is 2. The van der Waals surface area contributed by atoms with E-state index in [9.17, 15) is 9.90 Å². The third-order valence-corrected chi connectivity index (χ3v) is 3.99. The Morgan fingerprint density at radius 1 is 1.04 bits per heavy atom. The quantitative estimate of drug-likeness (QED) is 0.527. The number of furan rings is 1. The summed E-state index contributed by atoms with van der Waals surface area (Å²) >= 11 is 0. The minimum Gasteiger partial charge on any atom is -0.507 e. The Bertz CT molecular complexity index is 925. The van der Waals surface area contributed by atoms with E-state index >= 15 is 0 Å². The smallest absolute Gasteiger partial charge is 0.311 e. The van der Waals surface area contributed by atoms with Crippen molar-refractivity contribution < 1.29 is 28.5 Å². The summed E-state index contributed by atoms with van der Waals surface area (Å²) in [6.45, 7) is 2.01. The fourth-order valence-electron chi connectivity index (χ4n) is 2.73. The van der Waals surface area contributed by atoms with E-state index in [0.717, 1.165) is 12.8 Å². The van der Waals surface area contributed by atoms with Gasteiger partial charge in [0.25, 0.3) is 0 Å². The number of phenols is 1.